The Kier molecular flexibility index (Phi) is 5.08. The van der Waals surface area contributed by atoms with Gasteiger partial charge in [0.05, 0.1) is 22.2 Å². The van der Waals surface area contributed by atoms with Crippen LogP contribution in [0.25, 0.3) is 6.08 Å². The van der Waals surface area contributed by atoms with Gasteiger partial charge in [0.15, 0.2) is 0 Å². The molecule has 0 aliphatic carbocycles. The summed E-state index contributed by atoms with van der Waals surface area (Å²) in [6, 6.07) is 13.9. The molecule has 2 heterocycles. The van der Waals surface area contributed by atoms with Crippen LogP contribution in [-0.4, -0.2) is 41.2 Å². The number of nitrogens with zero attached hydrogens (tertiary/aromatic N) is 2. The van der Waals surface area contributed by atoms with Crippen LogP contribution in [0.4, 0.5) is 11.4 Å². The molecule has 2 aromatic rings. The van der Waals surface area contributed by atoms with E-state index in [4.69, 9.17) is 4.74 Å². The number of ether oxygens (including phenoxy) is 1. The third-order valence-corrected chi connectivity index (χ3v) is 5.07. The van der Waals surface area contributed by atoms with Gasteiger partial charge in [0.1, 0.15) is 6.17 Å². The highest BCUT2D eigenvalue weighted by Gasteiger charge is 2.33. The Morgan fingerprint density at radius 2 is 2.00 bits per heavy atom. The highest BCUT2D eigenvalue weighted by atomic mass is 16.6. The lowest BCUT2D eigenvalue weighted by Crippen LogP contribution is -2.50. The molecule has 1 amide bonds. The van der Waals surface area contributed by atoms with E-state index in [2.05, 4.69) is 5.32 Å². The number of para-hydroxylation sites is 2. The van der Waals surface area contributed by atoms with Gasteiger partial charge in [-0.15, -0.1) is 0 Å². The lowest BCUT2D eigenvalue weighted by atomic mass is 10.1. The van der Waals surface area contributed by atoms with Crippen molar-refractivity contribution in [1.82, 2.24) is 4.90 Å². The van der Waals surface area contributed by atoms with E-state index in [1.807, 2.05) is 18.2 Å². The smallest absolute Gasteiger partial charge is 0.276 e. The maximum absolute atomic E-state index is 13.1. The third kappa shape index (κ3) is 3.61. The normalized spacial score (nSPS) is 21.6. The number of carbonyl (C=O) groups excluding carboxylic acids is 1. The Morgan fingerprint density at radius 3 is 2.79 bits per heavy atom. The fraction of sp³-hybridized carbons (Fsp3) is 0.286. The van der Waals surface area contributed by atoms with Crippen molar-refractivity contribution >= 4 is 23.4 Å². The fourth-order valence-electron chi connectivity index (χ4n) is 3.66. The van der Waals surface area contributed by atoms with Gasteiger partial charge in [-0.3, -0.25) is 14.9 Å². The molecule has 28 heavy (non-hydrogen) atoms. The van der Waals surface area contributed by atoms with Crippen molar-refractivity contribution in [3.8, 4) is 0 Å². The summed E-state index contributed by atoms with van der Waals surface area (Å²) in [4.78, 5) is 25.7. The molecule has 2 aromatic carbocycles. The average Bonchev–Trinajstić information content (AvgIpc) is 3.22. The highest BCUT2D eigenvalue weighted by Crippen LogP contribution is 2.28. The summed E-state index contributed by atoms with van der Waals surface area (Å²) in [6.45, 7) is 1.19. The summed E-state index contributed by atoms with van der Waals surface area (Å²) < 4.78 is 5.72. The molecule has 7 nitrogen and oxygen atoms in total. The monoisotopic (exact) mass is 379 g/mol. The summed E-state index contributed by atoms with van der Waals surface area (Å²) in [6.07, 6.45) is 5.01. The summed E-state index contributed by atoms with van der Waals surface area (Å²) >= 11 is 0. The second-order valence-corrected chi connectivity index (χ2v) is 6.90. The topological polar surface area (TPSA) is 84.7 Å². The van der Waals surface area contributed by atoms with Crippen molar-refractivity contribution in [2.45, 2.75) is 25.1 Å². The first-order chi connectivity index (χ1) is 13.6. The number of nitro groups is 1. The number of rotatable bonds is 5. The number of nitro benzene ring substituents is 1. The molecule has 4 rings (SSSR count). The molecule has 2 aliphatic heterocycles. The van der Waals surface area contributed by atoms with Crippen molar-refractivity contribution in [1.29, 1.82) is 0 Å². The van der Waals surface area contributed by atoms with E-state index in [-0.39, 0.29) is 17.7 Å². The molecule has 2 aliphatic rings. The second-order valence-electron chi connectivity index (χ2n) is 6.90. The number of anilines is 1. The van der Waals surface area contributed by atoms with Crippen molar-refractivity contribution in [2.24, 2.45) is 0 Å². The minimum Gasteiger partial charge on any atom is -0.376 e. The molecule has 1 fully saturated rings. The molecular weight excluding hydrogens is 358 g/mol. The molecule has 1 N–H and O–H groups in total. The summed E-state index contributed by atoms with van der Waals surface area (Å²) in [5.74, 6) is -0.0675. The van der Waals surface area contributed by atoms with Crippen LogP contribution in [0.15, 0.2) is 54.6 Å². The van der Waals surface area contributed by atoms with Gasteiger partial charge in [-0.2, -0.15) is 0 Å². The zero-order valence-electron chi connectivity index (χ0n) is 15.3. The molecule has 0 saturated carbocycles. The van der Waals surface area contributed by atoms with E-state index in [1.54, 1.807) is 41.3 Å². The van der Waals surface area contributed by atoms with E-state index < -0.39 is 11.1 Å². The lowest BCUT2D eigenvalue weighted by molar-refractivity contribution is -0.385. The third-order valence-electron chi connectivity index (χ3n) is 5.07. The Labute approximate surface area is 162 Å². The molecular formula is C21H21N3O4. The molecule has 7 heteroatoms. The molecule has 2 atom stereocenters. The summed E-state index contributed by atoms with van der Waals surface area (Å²) in [7, 11) is 0. The second kappa shape index (κ2) is 7.82. The fourth-order valence-corrected chi connectivity index (χ4v) is 3.66. The number of hydrogen-bond acceptors (Lipinski definition) is 5. The first kappa shape index (κ1) is 18.2. The van der Waals surface area contributed by atoms with Crippen molar-refractivity contribution in [3.05, 3.63) is 75.8 Å². The number of hydrogen-bond donors (Lipinski definition) is 1. The molecule has 1 saturated heterocycles. The largest absolute Gasteiger partial charge is 0.376 e. The Morgan fingerprint density at radius 1 is 1.21 bits per heavy atom. The SMILES string of the molecule is O=C1c2ccccc2NC(/C=C\c2ccccc2[N+](=O)[O-])N1CC1CCCO1. The van der Waals surface area contributed by atoms with Crippen molar-refractivity contribution < 1.29 is 14.5 Å². The first-order valence-corrected chi connectivity index (χ1v) is 9.33. The number of amides is 1. The van der Waals surface area contributed by atoms with Crippen LogP contribution in [0.3, 0.4) is 0 Å². The number of carbonyl (C=O) groups is 1. The Balaban J connectivity index is 1.64. The maximum atomic E-state index is 13.1. The van der Waals surface area contributed by atoms with Crippen LogP contribution >= 0.6 is 0 Å². The van der Waals surface area contributed by atoms with E-state index in [0.717, 1.165) is 18.5 Å². The molecule has 0 radical (unpaired) electrons. The zero-order chi connectivity index (χ0) is 19.5. The van der Waals surface area contributed by atoms with E-state index >= 15 is 0 Å². The van der Waals surface area contributed by atoms with Crippen molar-refractivity contribution in [2.75, 3.05) is 18.5 Å². The van der Waals surface area contributed by atoms with E-state index in [1.165, 1.54) is 6.07 Å². The summed E-state index contributed by atoms with van der Waals surface area (Å²) in [5, 5.41) is 14.6. The van der Waals surface area contributed by atoms with Crippen LogP contribution in [0.2, 0.25) is 0 Å². The van der Waals surface area contributed by atoms with Crippen LogP contribution in [0, 0.1) is 10.1 Å². The standard InChI is InChI=1S/C21H21N3O4/c25-21-17-8-2-3-9-18(17)22-20(23(21)14-16-7-5-13-28-16)12-11-15-6-1-4-10-19(15)24(26)27/h1-4,6,8-12,16,20,22H,5,7,13-14H2/b12-11-. The predicted octanol–water partition coefficient (Wildman–Crippen LogP) is 3.68. The lowest BCUT2D eigenvalue weighted by Gasteiger charge is -2.37. The van der Waals surface area contributed by atoms with Gasteiger partial charge < -0.3 is 15.0 Å². The first-order valence-electron chi connectivity index (χ1n) is 9.33. The van der Waals surface area contributed by atoms with Gasteiger partial charge in [0, 0.05) is 24.9 Å². The molecule has 0 bridgehead atoms. The quantitative estimate of drug-likeness (QED) is 0.633. The minimum absolute atomic E-state index is 0.0120. The maximum Gasteiger partial charge on any atom is 0.276 e. The zero-order valence-corrected chi connectivity index (χ0v) is 15.3. The van der Waals surface area contributed by atoms with Gasteiger partial charge in [0.25, 0.3) is 11.6 Å². The van der Waals surface area contributed by atoms with Gasteiger partial charge in [-0.05, 0) is 43.2 Å². The molecule has 0 aromatic heterocycles. The van der Waals surface area contributed by atoms with Crippen LogP contribution in [-0.2, 0) is 4.74 Å². The van der Waals surface area contributed by atoms with Gasteiger partial charge in [0.2, 0.25) is 0 Å². The van der Waals surface area contributed by atoms with Gasteiger partial charge in [-0.1, -0.05) is 24.3 Å². The van der Waals surface area contributed by atoms with Crippen LogP contribution < -0.4 is 5.32 Å². The Bertz CT molecular complexity index is 921. The summed E-state index contributed by atoms with van der Waals surface area (Å²) in [5.41, 5.74) is 1.91. The Hall–Kier alpha value is -3.19. The predicted molar refractivity (Wildman–Crippen MR) is 106 cm³/mol. The average molecular weight is 379 g/mol. The van der Waals surface area contributed by atoms with Gasteiger partial charge >= 0.3 is 0 Å². The molecule has 144 valence electrons. The number of fused-ring (bicyclic) bond motifs is 1. The van der Waals surface area contributed by atoms with Crippen LogP contribution in [0.1, 0.15) is 28.8 Å². The van der Waals surface area contributed by atoms with Crippen molar-refractivity contribution in [3.63, 3.8) is 0 Å². The highest BCUT2D eigenvalue weighted by molar-refractivity contribution is 6.02. The van der Waals surface area contributed by atoms with Gasteiger partial charge in [-0.25, -0.2) is 0 Å². The number of nitrogens with one attached hydrogen (secondary N) is 1. The molecule has 2 unspecified atom stereocenters. The van der Waals surface area contributed by atoms with Crippen LogP contribution in [0.5, 0.6) is 0 Å². The van der Waals surface area contributed by atoms with E-state index in [0.29, 0.717) is 24.3 Å². The van der Waals surface area contributed by atoms with E-state index in [9.17, 15) is 14.9 Å². The number of benzene rings is 2. The minimum atomic E-state index is -0.411. The molecule has 0 spiro atoms.